The summed E-state index contributed by atoms with van der Waals surface area (Å²) >= 11 is 3.49. The van der Waals surface area contributed by atoms with Crippen molar-refractivity contribution in [1.82, 2.24) is 0 Å². The molecule has 16 heavy (non-hydrogen) atoms. The Morgan fingerprint density at radius 1 is 1.50 bits per heavy atom. The molecule has 0 aromatic carbocycles. The lowest BCUT2D eigenvalue weighted by atomic mass is 9.96. The van der Waals surface area contributed by atoms with Crippen molar-refractivity contribution < 1.29 is 9.53 Å². The van der Waals surface area contributed by atoms with Gasteiger partial charge in [-0.15, -0.1) is 11.3 Å². The zero-order chi connectivity index (χ0) is 11.4. The van der Waals surface area contributed by atoms with E-state index in [-0.39, 0.29) is 5.78 Å². The second-order valence-electron chi connectivity index (χ2n) is 4.00. The van der Waals surface area contributed by atoms with Crippen molar-refractivity contribution in [2.45, 2.75) is 19.3 Å². The van der Waals surface area contributed by atoms with Gasteiger partial charge in [0.15, 0.2) is 5.78 Å². The number of ether oxygens (including phenoxy) is 1. The van der Waals surface area contributed by atoms with Gasteiger partial charge < -0.3 is 4.74 Å². The number of hydrogen-bond acceptors (Lipinski definition) is 4. The van der Waals surface area contributed by atoms with E-state index in [0.29, 0.717) is 12.3 Å². The van der Waals surface area contributed by atoms with Gasteiger partial charge in [-0.2, -0.15) is 11.8 Å². The van der Waals surface area contributed by atoms with Crippen molar-refractivity contribution in [3.8, 4) is 5.75 Å². The number of methoxy groups -OCH3 is 1. The van der Waals surface area contributed by atoms with Gasteiger partial charge in [-0.3, -0.25) is 4.79 Å². The molecule has 0 amide bonds. The van der Waals surface area contributed by atoms with Gasteiger partial charge >= 0.3 is 0 Å². The van der Waals surface area contributed by atoms with Crippen LogP contribution in [0.5, 0.6) is 5.75 Å². The summed E-state index contributed by atoms with van der Waals surface area (Å²) in [6.07, 6.45) is 3.06. The van der Waals surface area contributed by atoms with E-state index in [1.807, 2.05) is 23.2 Å². The molecule has 0 atom stereocenters. The fourth-order valence-corrected chi connectivity index (χ4v) is 3.98. The highest BCUT2D eigenvalue weighted by atomic mass is 32.2. The van der Waals surface area contributed by atoms with E-state index in [0.717, 1.165) is 10.6 Å². The molecule has 2 rings (SSSR count). The van der Waals surface area contributed by atoms with Gasteiger partial charge in [-0.05, 0) is 41.7 Å². The number of rotatable bonds is 4. The summed E-state index contributed by atoms with van der Waals surface area (Å²) in [6.45, 7) is 0. The van der Waals surface area contributed by atoms with Gasteiger partial charge in [-0.1, -0.05) is 0 Å². The van der Waals surface area contributed by atoms with Gasteiger partial charge in [0, 0.05) is 6.42 Å². The number of carbonyl (C=O) groups is 1. The average Bonchev–Trinajstić information content (AvgIpc) is 2.78. The zero-order valence-electron chi connectivity index (χ0n) is 9.40. The summed E-state index contributed by atoms with van der Waals surface area (Å²) in [5.41, 5.74) is 0. The van der Waals surface area contributed by atoms with E-state index >= 15 is 0 Å². The first kappa shape index (κ1) is 12.0. The summed E-state index contributed by atoms with van der Waals surface area (Å²) in [5, 5.41) is 1.92. The van der Waals surface area contributed by atoms with E-state index in [1.54, 1.807) is 7.11 Å². The van der Waals surface area contributed by atoms with Crippen LogP contribution in [0.4, 0.5) is 0 Å². The summed E-state index contributed by atoms with van der Waals surface area (Å²) in [4.78, 5) is 12.9. The quantitative estimate of drug-likeness (QED) is 0.772. The number of carbonyl (C=O) groups excluding carboxylic acids is 1. The van der Waals surface area contributed by atoms with E-state index in [2.05, 4.69) is 0 Å². The molecule has 2 heterocycles. The molecular weight excluding hydrogens is 240 g/mol. The fourth-order valence-electron chi connectivity index (χ4n) is 1.97. The topological polar surface area (TPSA) is 26.3 Å². The third-order valence-electron chi connectivity index (χ3n) is 2.92. The van der Waals surface area contributed by atoms with Crippen molar-refractivity contribution in [2.24, 2.45) is 5.92 Å². The molecule has 2 nitrogen and oxygen atoms in total. The molecule has 1 aromatic heterocycles. The molecule has 0 spiro atoms. The molecule has 0 aliphatic carbocycles. The Balaban J connectivity index is 1.96. The lowest BCUT2D eigenvalue weighted by molar-refractivity contribution is 0.0960. The standard InChI is InChI=1S/C12H16O2S2/c1-14-11-4-7-16-12(11)10(13)8-9-2-5-15-6-3-9/h4,7,9H,2-3,5-6,8H2,1H3. The van der Waals surface area contributed by atoms with Crippen molar-refractivity contribution in [1.29, 1.82) is 0 Å². The monoisotopic (exact) mass is 256 g/mol. The van der Waals surface area contributed by atoms with Crippen molar-refractivity contribution in [3.63, 3.8) is 0 Å². The summed E-state index contributed by atoms with van der Waals surface area (Å²) in [6, 6.07) is 1.87. The largest absolute Gasteiger partial charge is 0.495 e. The summed E-state index contributed by atoms with van der Waals surface area (Å²) in [7, 11) is 1.62. The Kier molecular flexibility index (Phi) is 4.29. The zero-order valence-corrected chi connectivity index (χ0v) is 11.0. The maximum Gasteiger partial charge on any atom is 0.176 e. The minimum atomic E-state index is 0.253. The second-order valence-corrected chi connectivity index (χ2v) is 6.14. The van der Waals surface area contributed by atoms with E-state index in [1.165, 1.54) is 35.7 Å². The second kappa shape index (κ2) is 5.73. The normalized spacial score (nSPS) is 17.3. The highest BCUT2D eigenvalue weighted by molar-refractivity contribution is 7.99. The van der Waals surface area contributed by atoms with E-state index < -0.39 is 0 Å². The molecule has 1 saturated heterocycles. The predicted octanol–water partition coefficient (Wildman–Crippen LogP) is 3.47. The Morgan fingerprint density at radius 3 is 2.94 bits per heavy atom. The number of ketones is 1. The summed E-state index contributed by atoms with van der Waals surface area (Å²) < 4.78 is 5.18. The first-order valence-electron chi connectivity index (χ1n) is 5.53. The van der Waals surface area contributed by atoms with Crippen LogP contribution in [0.2, 0.25) is 0 Å². The van der Waals surface area contributed by atoms with E-state index in [9.17, 15) is 4.79 Å². The van der Waals surface area contributed by atoms with Crippen LogP contribution >= 0.6 is 23.1 Å². The maximum atomic E-state index is 12.1. The number of thiophene rings is 1. The molecule has 1 aliphatic heterocycles. The first-order chi connectivity index (χ1) is 7.81. The molecule has 0 bridgehead atoms. The van der Waals surface area contributed by atoms with Crippen LogP contribution in [0.15, 0.2) is 11.4 Å². The summed E-state index contributed by atoms with van der Waals surface area (Å²) in [5.74, 6) is 3.99. The average molecular weight is 256 g/mol. The minimum absolute atomic E-state index is 0.253. The molecule has 4 heteroatoms. The predicted molar refractivity (Wildman–Crippen MR) is 69.9 cm³/mol. The van der Waals surface area contributed by atoms with Crippen LogP contribution in [0.25, 0.3) is 0 Å². The Morgan fingerprint density at radius 2 is 2.25 bits per heavy atom. The van der Waals surface area contributed by atoms with Gasteiger partial charge in [0.1, 0.15) is 10.6 Å². The number of hydrogen-bond donors (Lipinski definition) is 0. The van der Waals surface area contributed by atoms with Crippen LogP contribution in [-0.2, 0) is 0 Å². The number of thioether (sulfide) groups is 1. The highest BCUT2D eigenvalue weighted by Crippen LogP contribution is 2.30. The van der Waals surface area contributed by atoms with Crippen LogP contribution in [0.1, 0.15) is 28.9 Å². The van der Waals surface area contributed by atoms with E-state index in [4.69, 9.17) is 4.74 Å². The molecule has 1 aromatic rings. The Hall–Kier alpha value is -0.480. The van der Waals surface area contributed by atoms with Gasteiger partial charge in [-0.25, -0.2) is 0 Å². The van der Waals surface area contributed by atoms with Gasteiger partial charge in [0.25, 0.3) is 0 Å². The third kappa shape index (κ3) is 2.80. The molecule has 0 N–H and O–H groups in total. The fraction of sp³-hybridized carbons (Fsp3) is 0.583. The van der Waals surface area contributed by atoms with Gasteiger partial charge in [0.2, 0.25) is 0 Å². The van der Waals surface area contributed by atoms with Crippen LogP contribution < -0.4 is 4.74 Å². The molecule has 88 valence electrons. The van der Waals surface area contributed by atoms with Crippen molar-refractivity contribution in [3.05, 3.63) is 16.3 Å². The SMILES string of the molecule is COc1ccsc1C(=O)CC1CCSCC1. The lowest BCUT2D eigenvalue weighted by Gasteiger charge is -2.20. The van der Waals surface area contributed by atoms with Crippen molar-refractivity contribution in [2.75, 3.05) is 18.6 Å². The maximum absolute atomic E-state index is 12.1. The third-order valence-corrected chi connectivity index (χ3v) is 4.90. The molecule has 0 saturated carbocycles. The smallest absolute Gasteiger partial charge is 0.176 e. The first-order valence-corrected chi connectivity index (χ1v) is 7.57. The Bertz CT molecular complexity index is 354. The van der Waals surface area contributed by atoms with Gasteiger partial charge in [0.05, 0.1) is 7.11 Å². The molecule has 1 aliphatic rings. The van der Waals surface area contributed by atoms with Crippen molar-refractivity contribution >= 4 is 28.9 Å². The Labute approximate surface area is 104 Å². The lowest BCUT2D eigenvalue weighted by Crippen LogP contribution is -2.14. The van der Waals surface area contributed by atoms with Crippen LogP contribution in [0.3, 0.4) is 0 Å². The minimum Gasteiger partial charge on any atom is -0.495 e. The van der Waals surface area contributed by atoms with Crippen LogP contribution in [0, 0.1) is 5.92 Å². The number of Topliss-reactive ketones (excluding diaryl/α,β-unsaturated/α-hetero) is 1. The molecular formula is C12H16O2S2. The molecule has 0 unspecified atom stereocenters. The molecule has 0 radical (unpaired) electrons. The highest BCUT2D eigenvalue weighted by Gasteiger charge is 2.21. The molecule has 1 fully saturated rings. The van der Waals surface area contributed by atoms with Crippen LogP contribution in [-0.4, -0.2) is 24.4 Å².